The van der Waals surface area contributed by atoms with Gasteiger partial charge in [0.15, 0.2) is 0 Å². The Morgan fingerprint density at radius 3 is 2.26 bits per heavy atom. The Bertz CT molecular complexity index is 1330. The van der Waals surface area contributed by atoms with E-state index in [0.29, 0.717) is 54.6 Å². The highest BCUT2D eigenvalue weighted by molar-refractivity contribution is 6.30. The van der Waals surface area contributed by atoms with Crippen LogP contribution in [-0.4, -0.2) is 60.7 Å². The Balaban J connectivity index is 1.34. The summed E-state index contributed by atoms with van der Waals surface area (Å²) >= 11 is 5.98. The first-order valence-corrected chi connectivity index (χ1v) is 13.8. The number of nitrogens with one attached hydrogen (secondary N) is 1. The minimum atomic E-state index is -0.117. The van der Waals surface area contributed by atoms with E-state index in [1.54, 1.807) is 42.3 Å². The molecule has 1 N–H and O–H groups in total. The molecule has 2 aliphatic rings. The highest BCUT2D eigenvalue weighted by Crippen LogP contribution is 2.30. The van der Waals surface area contributed by atoms with Crippen LogP contribution in [0.25, 0.3) is 0 Å². The molecule has 3 aromatic carbocycles. The third-order valence-corrected chi connectivity index (χ3v) is 7.83. The lowest BCUT2D eigenvalue weighted by atomic mass is 9.85. The first-order valence-electron chi connectivity index (χ1n) is 13.4. The Morgan fingerprint density at radius 1 is 0.923 bits per heavy atom. The van der Waals surface area contributed by atoms with Crippen LogP contribution in [0.2, 0.25) is 5.02 Å². The standard InChI is InChI=1S/C31H33ClN4O3/c1-34(21-22-6-3-2-4-7-22)31(39)27-20-26(33-29(37)23-8-5-9-23)14-15-28(27)35-16-18-36(19-17-35)30(38)24-10-12-25(32)13-11-24/h2-4,6-7,10-15,20,23H,5,8-9,16-19,21H2,1H3,(H,33,37). The summed E-state index contributed by atoms with van der Waals surface area (Å²) in [5.74, 6) is -0.0808. The van der Waals surface area contributed by atoms with E-state index in [4.69, 9.17) is 11.6 Å². The van der Waals surface area contributed by atoms with E-state index < -0.39 is 0 Å². The van der Waals surface area contributed by atoms with Crippen LogP contribution >= 0.6 is 11.6 Å². The van der Waals surface area contributed by atoms with Crippen molar-refractivity contribution in [1.82, 2.24) is 9.80 Å². The molecule has 2 fully saturated rings. The quantitative estimate of drug-likeness (QED) is 0.437. The molecule has 0 aromatic heterocycles. The van der Waals surface area contributed by atoms with Crippen LogP contribution in [0.1, 0.15) is 45.5 Å². The number of hydrogen-bond acceptors (Lipinski definition) is 4. The number of amides is 3. The molecular formula is C31H33ClN4O3. The Labute approximate surface area is 234 Å². The molecule has 0 unspecified atom stereocenters. The lowest BCUT2D eigenvalue weighted by Gasteiger charge is -2.37. The van der Waals surface area contributed by atoms with Crippen molar-refractivity contribution in [3.63, 3.8) is 0 Å². The number of benzene rings is 3. The smallest absolute Gasteiger partial charge is 0.256 e. The third kappa shape index (κ3) is 6.25. The number of anilines is 2. The van der Waals surface area contributed by atoms with Crippen molar-refractivity contribution in [1.29, 1.82) is 0 Å². The zero-order chi connectivity index (χ0) is 27.4. The SMILES string of the molecule is CN(Cc1ccccc1)C(=O)c1cc(NC(=O)C2CCC2)ccc1N1CCN(C(=O)c2ccc(Cl)cc2)CC1. The van der Waals surface area contributed by atoms with Gasteiger partial charge in [-0.3, -0.25) is 14.4 Å². The van der Waals surface area contributed by atoms with Crippen molar-refractivity contribution in [3.8, 4) is 0 Å². The van der Waals surface area contributed by atoms with Gasteiger partial charge in [0.1, 0.15) is 0 Å². The van der Waals surface area contributed by atoms with Gasteiger partial charge in [-0.15, -0.1) is 0 Å². The zero-order valence-corrected chi connectivity index (χ0v) is 22.9. The lowest BCUT2D eigenvalue weighted by Crippen LogP contribution is -2.49. The molecule has 5 rings (SSSR count). The number of hydrogen-bond donors (Lipinski definition) is 1. The summed E-state index contributed by atoms with van der Waals surface area (Å²) in [7, 11) is 1.79. The van der Waals surface area contributed by atoms with Crippen molar-refractivity contribution in [3.05, 3.63) is 94.5 Å². The number of rotatable bonds is 7. The molecule has 1 aliphatic carbocycles. The topological polar surface area (TPSA) is 73.0 Å². The number of nitrogens with zero attached hydrogens (tertiary/aromatic N) is 3. The van der Waals surface area contributed by atoms with Gasteiger partial charge in [-0.05, 0) is 60.9 Å². The summed E-state index contributed by atoms with van der Waals surface area (Å²) in [6.07, 6.45) is 2.90. The van der Waals surface area contributed by atoms with E-state index in [1.165, 1.54) is 0 Å². The molecule has 1 aliphatic heterocycles. The molecule has 1 saturated carbocycles. The summed E-state index contributed by atoms with van der Waals surface area (Å²) in [5, 5.41) is 3.61. The van der Waals surface area contributed by atoms with Crippen molar-refractivity contribution in [2.75, 3.05) is 43.4 Å². The molecule has 0 bridgehead atoms. The largest absolute Gasteiger partial charge is 0.367 e. The van der Waals surface area contributed by atoms with Crippen LogP contribution < -0.4 is 10.2 Å². The summed E-state index contributed by atoms with van der Waals surface area (Å²) < 4.78 is 0. The zero-order valence-electron chi connectivity index (χ0n) is 22.1. The molecule has 39 heavy (non-hydrogen) atoms. The summed E-state index contributed by atoms with van der Waals surface area (Å²) in [5.41, 5.74) is 3.62. The summed E-state index contributed by atoms with van der Waals surface area (Å²) in [6, 6.07) is 22.4. The fourth-order valence-electron chi connectivity index (χ4n) is 5.04. The first-order chi connectivity index (χ1) is 18.9. The average Bonchev–Trinajstić information content (AvgIpc) is 2.92. The number of carbonyl (C=O) groups excluding carboxylic acids is 3. The molecule has 3 amide bonds. The second kappa shape index (κ2) is 11.9. The fourth-order valence-corrected chi connectivity index (χ4v) is 5.16. The monoisotopic (exact) mass is 544 g/mol. The van der Waals surface area contributed by atoms with Crippen LogP contribution in [0.15, 0.2) is 72.8 Å². The lowest BCUT2D eigenvalue weighted by molar-refractivity contribution is -0.122. The van der Waals surface area contributed by atoms with E-state index in [2.05, 4.69) is 10.2 Å². The van der Waals surface area contributed by atoms with E-state index in [1.807, 2.05) is 47.4 Å². The molecule has 0 radical (unpaired) electrons. The molecule has 1 saturated heterocycles. The van der Waals surface area contributed by atoms with Crippen molar-refractivity contribution >= 4 is 40.7 Å². The van der Waals surface area contributed by atoms with E-state index >= 15 is 0 Å². The van der Waals surface area contributed by atoms with Crippen LogP contribution in [0.4, 0.5) is 11.4 Å². The van der Waals surface area contributed by atoms with Crippen molar-refractivity contribution in [2.45, 2.75) is 25.8 Å². The van der Waals surface area contributed by atoms with Gasteiger partial charge in [-0.25, -0.2) is 0 Å². The number of carbonyl (C=O) groups is 3. The average molecular weight is 545 g/mol. The molecule has 3 aromatic rings. The van der Waals surface area contributed by atoms with Crippen LogP contribution in [0, 0.1) is 5.92 Å². The minimum Gasteiger partial charge on any atom is -0.367 e. The second-order valence-electron chi connectivity index (χ2n) is 10.3. The Hall–Kier alpha value is -3.84. The highest BCUT2D eigenvalue weighted by Gasteiger charge is 2.28. The van der Waals surface area contributed by atoms with Gasteiger partial charge in [0.05, 0.1) is 5.56 Å². The van der Waals surface area contributed by atoms with Crippen molar-refractivity contribution in [2.24, 2.45) is 5.92 Å². The normalized spacial score (nSPS) is 15.4. The van der Waals surface area contributed by atoms with E-state index in [0.717, 1.165) is 30.5 Å². The summed E-state index contributed by atoms with van der Waals surface area (Å²) in [6.45, 7) is 2.73. The molecule has 0 spiro atoms. The summed E-state index contributed by atoms with van der Waals surface area (Å²) in [4.78, 5) is 45.0. The molecular weight excluding hydrogens is 512 g/mol. The van der Waals surface area contributed by atoms with E-state index in [-0.39, 0.29) is 23.6 Å². The van der Waals surface area contributed by atoms with Gasteiger partial charge < -0.3 is 20.0 Å². The maximum Gasteiger partial charge on any atom is 0.256 e. The second-order valence-corrected chi connectivity index (χ2v) is 10.7. The predicted molar refractivity (Wildman–Crippen MR) is 154 cm³/mol. The maximum atomic E-state index is 13.7. The van der Waals surface area contributed by atoms with Crippen LogP contribution in [0.5, 0.6) is 0 Å². The predicted octanol–water partition coefficient (Wildman–Crippen LogP) is 5.31. The fraction of sp³-hybridized carbons (Fsp3) is 0.323. The van der Waals surface area contributed by atoms with Gasteiger partial charge in [-0.2, -0.15) is 0 Å². The van der Waals surface area contributed by atoms with Gasteiger partial charge >= 0.3 is 0 Å². The van der Waals surface area contributed by atoms with Crippen LogP contribution in [0.3, 0.4) is 0 Å². The van der Waals surface area contributed by atoms with Gasteiger partial charge in [-0.1, -0.05) is 48.4 Å². The maximum absolute atomic E-state index is 13.7. The molecule has 1 heterocycles. The number of piperazine rings is 1. The molecule has 7 nitrogen and oxygen atoms in total. The van der Waals surface area contributed by atoms with Gasteiger partial charge in [0.25, 0.3) is 11.8 Å². The minimum absolute atomic E-state index is 0.0133. The Morgan fingerprint density at radius 2 is 1.62 bits per heavy atom. The first kappa shape index (κ1) is 26.8. The van der Waals surface area contributed by atoms with E-state index in [9.17, 15) is 14.4 Å². The molecule has 202 valence electrons. The number of halogens is 1. The van der Waals surface area contributed by atoms with Gasteiger partial charge in [0, 0.05) is 67.7 Å². The third-order valence-electron chi connectivity index (χ3n) is 7.58. The van der Waals surface area contributed by atoms with Gasteiger partial charge in [0.2, 0.25) is 5.91 Å². The Kier molecular flexibility index (Phi) is 8.17. The van der Waals surface area contributed by atoms with Crippen molar-refractivity contribution < 1.29 is 14.4 Å². The highest BCUT2D eigenvalue weighted by atomic mass is 35.5. The molecule has 0 atom stereocenters. The van der Waals surface area contributed by atoms with Crippen LogP contribution in [-0.2, 0) is 11.3 Å². The molecule has 8 heteroatoms.